The molecule has 0 aromatic carbocycles. The largest absolute Gasteiger partial charge is 0.370 e. The second kappa shape index (κ2) is 29.2. The van der Waals surface area contributed by atoms with E-state index in [1.54, 1.807) is 4.90 Å². The molecule has 0 unspecified atom stereocenters. The lowest BCUT2D eigenvalue weighted by Gasteiger charge is -2.23. The van der Waals surface area contributed by atoms with Crippen LogP contribution in [0.5, 0.6) is 0 Å². The van der Waals surface area contributed by atoms with Crippen LogP contribution in [0.3, 0.4) is 0 Å². The van der Waals surface area contributed by atoms with Gasteiger partial charge in [-0.15, -0.1) is 0 Å². The molecule has 0 radical (unpaired) electrons. The molecule has 250 valence electrons. The van der Waals surface area contributed by atoms with E-state index in [0.717, 1.165) is 77.3 Å². The molecule has 0 fully saturated rings. The average molecular weight is 611 g/mol. The highest BCUT2D eigenvalue weighted by molar-refractivity contribution is 5.83. The summed E-state index contributed by atoms with van der Waals surface area (Å²) in [6.07, 6.45) is 12.7. The summed E-state index contributed by atoms with van der Waals surface area (Å²) in [4.78, 5) is 55.1. The number of nitrogens with two attached hydrogens (primary N) is 2. The van der Waals surface area contributed by atoms with Crippen LogP contribution in [0.2, 0.25) is 0 Å². The first-order chi connectivity index (χ1) is 20.8. The second-order valence-corrected chi connectivity index (χ2v) is 11.0. The van der Waals surface area contributed by atoms with Crippen molar-refractivity contribution in [3.8, 4) is 0 Å². The number of carbonyl (C=O) groups excluding carboxylic acids is 4. The summed E-state index contributed by atoms with van der Waals surface area (Å²) in [5.41, 5.74) is 10.6. The molecule has 0 aromatic heterocycles. The molecule has 0 spiro atoms. The van der Waals surface area contributed by atoms with E-state index < -0.39 is 0 Å². The summed E-state index contributed by atoms with van der Waals surface area (Å²) < 4.78 is 0. The molecular formula is C31H62N8O4. The van der Waals surface area contributed by atoms with Crippen molar-refractivity contribution in [1.82, 2.24) is 26.2 Å². The van der Waals surface area contributed by atoms with Crippen LogP contribution >= 0.6 is 0 Å². The Morgan fingerprint density at radius 3 is 1.56 bits per heavy atom. The summed E-state index contributed by atoms with van der Waals surface area (Å²) >= 11 is 0. The molecule has 0 aliphatic rings. The van der Waals surface area contributed by atoms with E-state index in [1.165, 1.54) is 0 Å². The van der Waals surface area contributed by atoms with Crippen molar-refractivity contribution in [2.75, 3.05) is 52.4 Å². The fourth-order valence-corrected chi connectivity index (χ4v) is 4.40. The van der Waals surface area contributed by atoms with Gasteiger partial charge in [-0.1, -0.05) is 52.4 Å². The molecule has 0 atom stereocenters. The SMILES string of the molecule is CCCCCCC(=O)NCCCN(CCCNC(=O)CCCCCC)C(=O)CCC(=O)NCCCNCCCN=C(N)N. The van der Waals surface area contributed by atoms with Crippen LogP contribution in [0.1, 0.15) is 117 Å². The average Bonchev–Trinajstić information content (AvgIpc) is 2.98. The van der Waals surface area contributed by atoms with Gasteiger partial charge in [-0.3, -0.25) is 24.2 Å². The molecule has 0 heterocycles. The van der Waals surface area contributed by atoms with Crippen molar-refractivity contribution in [2.45, 2.75) is 117 Å². The first kappa shape index (κ1) is 40.1. The number of hydrogen-bond donors (Lipinski definition) is 6. The van der Waals surface area contributed by atoms with Gasteiger partial charge in [0.05, 0.1) is 0 Å². The topological polar surface area (TPSA) is 184 Å². The van der Waals surface area contributed by atoms with Gasteiger partial charge in [-0.2, -0.15) is 0 Å². The van der Waals surface area contributed by atoms with Crippen molar-refractivity contribution < 1.29 is 19.2 Å². The van der Waals surface area contributed by atoms with E-state index in [9.17, 15) is 19.2 Å². The number of carbonyl (C=O) groups is 4. The third-order valence-electron chi connectivity index (χ3n) is 6.95. The normalized spacial score (nSPS) is 10.7. The Bertz CT molecular complexity index is 743. The molecule has 0 saturated carbocycles. The van der Waals surface area contributed by atoms with Gasteiger partial charge >= 0.3 is 0 Å². The summed E-state index contributed by atoms with van der Waals surface area (Å²) in [6, 6.07) is 0. The molecule has 0 saturated heterocycles. The molecule has 12 heteroatoms. The molecule has 0 bridgehead atoms. The van der Waals surface area contributed by atoms with Crippen LogP contribution in [0.25, 0.3) is 0 Å². The Hall–Kier alpha value is -2.89. The third-order valence-corrected chi connectivity index (χ3v) is 6.95. The monoisotopic (exact) mass is 610 g/mol. The smallest absolute Gasteiger partial charge is 0.223 e. The predicted octanol–water partition coefficient (Wildman–Crippen LogP) is 2.31. The van der Waals surface area contributed by atoms with Gasteiger partial charge in [0.2, 0.25) is 23.6 Å². The van der Waals surface area contributed by atoms with Gasteiger partial charge in [0, 0.05) is 65.0 Å². The molecular weight excluding hydrogens is 548 g/mol. The Morgan fingerprint density at radius 1 is 0.558 bits per heavy atom. The number of rotatable bonds is 29. The number of unbranched alkanes of at least 4 members (excludes halogenated alkanes) is 6. The Labute approximate surface area is 260 Å². The fourth-order valence-electron chi connectivity index (χ4n) is 4.40. The number of amides is 4. The van der Waals surface area contributed by atoms with Crippen LogP contribution in [0, 0.1) is 0 Å². The van der Waals surface area contributed by atoms with Gasteiger partial charge < -0.3 is 37.6 Å². The number of nitrogens with one attached hydrogen (secondary N) is 4. The molecule has 43 heavy (non-hydrogen) atoms. The number of aliphatic imine (C=N–C) groups is 1. The minimum atomic E-state index is -0.147. The van der Waals surface area contributed by atoms with Gasteiger partial charge in [0.1, 0.15) is 0 Å². The van der Waals surface area contributed by atoms with Crippen molar-refractivity contribution in [3.63, 3.8) is 0 Å². The lowest BCUT2D eigenvalue weighted by atomic mass is 10.1. The number of hydrogen-bond acceptors (Lipinski definition) is 6. The number of nitrogens with zero attached hydrogens (tertiary/aromatic N) is 2. The molecule has 0 rings (SSSR count). The van der Waals surface area contributed by atoms with E-state index in [-0.39, 0.29) is 42.4 Å². The highest BCUT2D eigenvalue weighted by Crippen LogP contribution is 2.05. The quantitative estimate of drug-likeness (QED) is 0.0426. The minimum Gasteiger partial charge on any atom is -0.370 e. The Morgan fingerprint density at radius 2 is 1.05 bits per heavy atom. The molecule has 4 amide bonds. The maximum atomic E-state index is 13.0. The van der Waals surface area contributed by atoms with Gasteiger partial charge in [0.25, 0.3) is 0 Å². The van der Waals surface area contributed by atoms with Crippen molar-refractivity contribution in [1.29, 1.82) is 0 Å². The maximum absolute atomic E-state index is 13.0. The third kappa shape index (κ3) is 27.7. The van der Waals surface area contributed by atoms with Crippen LogP contribution < -0.4 is 32.7 Å². The summed E-state index contributed by atoms with van der Waals surface area (Å²) in [7, 11) is 0. The Balaban J connectivity index is 4.41. The van der Waals surface area contributed by atoms with Crippen LogP contribution in [0.4, 0.5) is 0 Å². The molecule has 0 aromatic rings. The Kier molecular flexibility index (Phi) is 27.2. The van der Waals surface area contributed by atoms with Crippen LogP contribution in [0.15, 0.2) is 4.99 Å². The van der Waals surface area contributed by atoms with Gasteiger partial charge in [-0.05, 0) is 51.6 Å². The highest BCUT2D eigenvalue weighted by Gasteiger charge is 2.15. The lowest BCUT2D eigenvalue weighted by molar-refractivity contribution is -0.133. The van der Waals surface area contributed by atoms with Gasteiger partial charge in [-0.25, -0.2) is 0 Å². The van der Waals surface area contributed by atoms with Gasteiger partial charge in [0.15, 0.2) is 5.96 Å². The first-order valence-electron chi connectivity index (χ1n) is 16.6. The predicted molar refractivity (Wildman–Crippen MR) is 174 cm³/mol. The maximum Gasteiger partial charge on any atom is 0.223 e. The highest BCUT2D eigenvalue weighted by atomic mass is 16.2. The summed E-state index contributed by atoms with van der Waals surface area (Å²) in [6.45, 7) is 8.97. The zero-order valence-corrected chi connectivity index (χ0v) is 27.2. The van der Waals surface area contributed by atoms with Crippen LogP contribution in [-0.2, 0) is 19.2 Å². The minimum absolute atomic E-state index is 0.0495. The van der Waals surface area contributed by atoms with Crippen molar-refractivity contribution >= 4 is 29.6 Å². The zero-order valence-electron chi connectivity index (χ0n) is 27.2. The van der Waals surface area contributed by atoms with Crippen molar-refractivity contribution in [3.05, 3.63) is 0 Å². The molecule has 0 aliphatic carbocycles. The van der Waals surface area contributed by atoms with Crippen molar-refractivity contribution in [2.24, 2.45) is 16.5 Å². The van der Waals surface area contributed by atoms with E-state index in [1.807, 2.05) is 0 Å². The van der Waals surface area contributed by atoms with E-state index in [0.29, 0.717) is 65.0 Å². The molecule has 12 nitrogen and oxygen atoms in total. The first-order valence-corrected chi connectivity index (χ1v) is 16.6. The van der Waals surface area contributed by atoms with E-state index >= 15 is 0 Å². The molecule has 8 N–H and O–H groups in total. The van der Waals surface area contributed by atoms with E-state index in [4.69, 9.17) is 11.5 Å². The summed E-state index contributed by atoms with van der Waals surface area (Å²) in [5, 5.41) is 12.0. The molecule has 0 aliphatic heterocycles. The van der Waals surface area contributed by atoms with E-state index in [2.05, 4.69) is 40.1 Å². The fraction of sp³-hybridized carbons (Fsp3) is 0.839. The zero-order chi connectivity index (χ0) is 32.0. The standard InChI is InChI=1S/C31H62N8O4/c1-3-5-7-9-15-27(40)36-23-13-25-39(26-14-24-37-28(41)16-10-8-6-4-2)30(43)18-17-29(42)35-21-11-19-34-20-12-22-38-31(32)33/h34H,3-26H2,1-2H3,(H,35,42)(H,36,40)(H,37,41)(H4,32,33,38). The number of guanidine groups is 1. The summed E-state index contributed by atoms with van der Waals surface area (Å²) in [5.74, 6) is -0.0405. The second-order valence-electron chi connectivity index (χ2n) is 11.0. The lowest BCUT2D eigenvalue weighted by Crippen LogP contribution is -2.37. The van der Waals surface area contributed by atoms with Crippen LogP contribution in [-0.4, -0.2) is 86.8 Å².